The van der Waals surface area contributed by atoms with Crippen molar-refractivity contribution >= 4 is 5.91 Å². The molecule has 6 nitrogen and oxygen atoms in total. The van der Waals surface area contributed by atoms with Crippen molar-refractivity contribution in [3.8, 4) is 17.2 Å². The van der Waals surface area contributed by atoms with E-state index in [0.29, 0.717) is 31.2 Å². The summed E-state index contributed by atoms with van der Waals surface area (Å²) < 4.78 is 16.5. The molecule has 0 N–H and O–H groups in total. The summed E-state index contributed by atoms with van der Waals surface area (Å²) >= 11 is 0. The van der Waals surface area contributed by atoms with Crippen LogP contribution in [0.2, 0.25) is 0 Å². The molecule has 0 aliphatic carbocycles. The Morgan fingerprint density at radius 3 is 2.34 bits per heavy atom. The molecule has 6 heteroatoms. The van der Waals surface area contributed by atoms with Gasteiger partial charge in [0.05, 0.1) is 13.7 Å². The molecular formula is C23H30N2O4. The Bertz CT molecular complexity index is 799. The van der Waals surface area contributed by atoms with Crippen LogP contribution in [-0.4, -0.2) is 62.2 Å². The van der Waals surface area contributed by atoms with Gasteiger partial charge in [0.1, 0.15) is 5.75 Å². The van der Waals surface area contributed by atoms with Gasteiger partial charge in [0.25, 0.3) is 5.91 Å². The molecule has 0 aromatic heterocycles. The minimum Gasteiger partial charge on any atom is -0.494 e. The van der Waals surface area contributed by atoms with E-state index in [0.717, 1.165) is 30.9 Å². The highest BCUT2D eigenvalue weighted by Crippen LogP contribution is 2.27. The zero-order valence-corrected chi connectivity index (χ0v) is 17.5. The quantitative estimate of drug-likeness (QED) is 0.684. The lowest BCUT2D eigenvalue weighted by molar-refractivity contribution is -0.135. The molecule has 0 spiro atoms. The summed E-state index contributed by atoms with van der Waals surface area (Å²) in [6, 6.07) is 13.9. The second kappa shape index (κ2) is 10.2. The Morgan fingerprint density at radius 1 is 0.966 bits per heavy atom. The molecule has 2 aromatic rings. The molecule has 156 valence electrons. The van der Waals surface area contributed by atoms with Crippen molar-refractivity contribution in [1.29, 1.82) is 0 Å². The fourth-order valence-electron chi connectivity index (χ4n) is 3.40. The number of benzene rings is 2. The average molecular weight is 399 g/mol. The second-order valence-electron chi connectivity index (χ2n) is 7.18. The third-order valence-corrected chi connectivity index (χ3v) is 5.04. The van der Waals surface area contributed by atoms with Gasteiger partial charge in [-0.15, -0.1) is 0 Å². The van der Waals surface area contributed by atoms with Crippen LogP contribution in [0.3, 0.4) is 0 Å². The van der Waals surface area contributed by atoms with E-state index in [9.17, 15) is 4.79 Å². The SMILES string of the molecule is CCOc1ccc(CN2CCN(C(=O)COc3ccc(C)cc3OC)CC2)cc1. The highest BCUT2D eigenvalue weighted by molar-refractivity contribution is 5.78. The van der Waals surface area contributed by atoms with Crippen molar-refractivity contribution in [1.82, 2.24) is 9.80 Å². The average Bonchev–Trinajstić information content (AvgIpc) is 2.74. The zero-order valence-electron chi connectivity index (χ0n) is 17.5. The van der Waals surface area contributed by atoms with Crippen LogP contribution >= 0.6 is 0 Å². The summed E-state index contributed by atoms with van der Waals surface area (Å²) in [6.45, 7) is 8.69. The molecule has 2 aromatic carbocycles. The molecule has 0 bridgehead atoms. The lowest BCUT2D eigenvalue weighted by Crippen LogP contribution is -2.49. The van der Waals surface area contributed by atoms with E-state index >= 15 is 0 Å². The molecule has 0 atom stereocenters. The van der Waals surface area contributed by atoms with E-state index in [2.05, 4.69) is 17.0 Å². The monoisotopic (exact) mass is 398 g/mol. The van der Waals surface area contributed by atoms with Gasteiger partial charge in [-0.3, -0.25) is 9.69 Å². The number of nitrogens with zero attached hydrogens (tertiary/aromatic N) is 2. The van der Waals surface area contributed by atoms with Crippen LogP contribution in [-0.2, 0) is 11.3 Å². The number of hydrogen-bond acceptors (Lipinski definition) is 5. The molecule has 1 fully saturated rings. The molecule has 1 aliphatic rings. The maximum Gasteiger partial charge on any atom is 0.260 e. The van der Waals surface area contributed by atoms with Gasteiger partial charge in [0.15, 0.2) is 18.1 Å². The van der Waals surface area contributed by atoms with Gasteiger partial charge in [0.2, 0.25) is 0 Å². The highest BCUT2D eigenvalue weighted by atomic mass is 16.5. The lowest BCUT2D eigenvalue weighted by atomic mass is 10.2. The third-order valence-electron chi connectivity index (χ3n) is 5.04. The van der Waals surface area contributed by atoms with Crippen LogP contribution in [0, 0.1) is 6.92 Å². The van der Waals surface area contributed by atoms with Crippen molar-refractivity contribution in [3.05, 3.63) is 53.6 Å². The molecule has 1 saturated heterocycles. The number of hydrogen-bond donors (Lipinski definition) is 0. The van der Waals surface area contributed by atoms with Gasteiger partial charge >= 0.3 is 0 Å². The molecule has 1 amide bonds. The molecule has 29 heavy (non-hydrogen) atoms. The van der Waals surface area contributed by atoms with E-state index in [1.54, 1.807) is 7.11 Å². The molecule has 0 unspecified atom stereocenters. The summed E-state index contributed by atoms with van der Waals surface area (Å²) in [5.74, 6) is 2.16. The third kappa shape index (κ3) is 5.87. The van der Waals surface area contributed by atoms with Crippen LogP contribution in [0.25, 0.3) is 0 Å². The van der Waals surface area contributed by atoms with E-state index in [4.69, 9.17) is 14.2 Å². The van der Waals surface area contributed by atoms with Gasteiger partial charge in [-0.25, -0.2) is 0 Å². The summed E-state index contributed by atoms with van der Waals surface area (Å²) in [6.07, 6.45) is 0. The minimum atomic E-state index is 0.00773. The number of ether oxygens (including phenoxy) is 3. The van der Waals surface area contributed by atoms with Crippen LogP contribution in [0.15, 0.2) is 42.5 Å². The molecule has 1 aliphatic heterocycles. The first kappa shape index (κ1) is 21.0. The fraction of sp³-hybridized carbons (Fsp3) is 0.435. The van der Waals surface area contributed by atoms with Crippen molar-refractivity contribution in [2.75, 3.05) is 46.5 Å². The summed E-state index contributed by atoms with van der Waals surface area (Å²) in [7, 11) is 1.60. The predicted molar refractivity (Wildman–Crippen MR) is 113 cm³/mol. The number of methoxy groups -OCH3 is 1. The Kier molecular flexibility index (Phi) is 7.36. The van der Waals surface area contributed by atoms with E-state index in [1.165, 1.54) is 5.56 Å². The fourth-order valence-corrected chi connectivity index (χ4v) is 3.40. The van der Waals surface area contributed by atoms with E-state index < -0.39 is 0 Å². The van der Waals surface area contributed by atoms with Crippen molar-refractivity contribution in [2.24, 2.45) is 0 Å². The van der Waals surface area contributed by atoms with Crippen molar-refractivity contribution in [2.45, 2.75) is 20.4 Å². The molecule has 0 saturated carbocycles. The molecule has 0 radical (unpaired) electrons. The van der Waals surface area contributed by atoms with Gasteiger partial charge in [-0.05, 0) is 49.2 Å². The normalized spacial score (nSPS) is 14.5. The lowest BCUT2D eigenvalue weighted by Gasteiger charge is -2.34. The smallest absolute Gasteiger partial charge is 0.260 e. The Hall–Kier alpha value is -2.73. The van der Waals surface area contributed by atoms with Crippen molar-refractivity contribution in [3.63, 3.8) is 0 Å². The van der Waals surface area contributed by atoms with Crippen LogP contribution in [0.1, 0.15) is 18.1 Å². The number of piperazine rings is 1. The number of rotatable bonds is 8. The first-order valence-electron chi connectivity index (χ1n) is 10.1. The first-order valence-corrected chi connectivity index (χ1v) is 10.1. The zero-order chi connectivity index (χ0) is 20.6. The maximum absolute atomic E-state index is 12.5. The number of carbonyl (C=O) groups is 1. The summed E-state index contributed by atoms with van der Waals surface area (Å²) in [5.41, 5.74) is 2.34. The minimum absolute atomic E-state index is 0.00773. The van der Waals surface area contributed by atoms with Crippen LogP contribution in [0.5, 0.6) is 17.2 Å². The number of aryl methyl sites for hydroxylation is 1. The summed E-state index contributed by atoms with van der Waals surface area (Å²) in [5, 5.41) is 0. The summed E-state index contributed by atoms with van der Waals surface area (Å²) in [4.78, 5) is 16.8. The second-order valence-corrected chi connectivity index (χ2v) is 7.18. The van der Waals surface area contributed by atoms with Gasteiger partial charge in [0, 0.05) is 32.7 Å². The van der Waals surface area contributed by atoms with Gasteiger partial charge in [-0.1, -0.05) is 18.2 Å². The molecule has 3 rings (SSSR count). The Balaban J connectivity index is 1.44. The molecule has 1 heterocycles. The number of amides is 1. The highest BCUT2D eigenvalue weighted by Gasteiger charge is 2.21. The van der Waals surface area contributed by atoms with Crippen LogP contribution < -0.4 is 14.2 Å². The van der Waals surface area contributed by atoms with E-state index in [1.807, 2.05) is 49.1 Å². The number of carbonyl (C=O) groups excluding carboxylic acids is 1. The van der Waals surface area contributed by atoms with E-state index in [-0.39, 0.29) is 12.5 Å². The first-order chi connectivity index (χ1) is 14.1. The molecular weight excluding hydrogens is 368 g/mol. The van der Waals surface area contributed by atoms with Gasteiger partial charge < -0.3 is 19.1 Å². The standard InChI is InChI=1S/C23H30N2O4/c1-4-28-20-8-6-19(7-9-20)16-24-11-13-25(14-12-24)23(26)17-29-21-10-5-18(2)15-22(21)27-3/h5-10,15H,4,11-14,16-17H2,1-3H3. The predicted octanol–water partition coefficient (Wildman–Crippen LogP) is 3.13. The Labute approximate surface area is 173 Å². The maximum atomic E-state index is 12.5. The van der Waals surface area contributed by atoms with Crippen molar-refractivity contribution < 1.29 is 19.0 Å². The van der Waals surface area contributed by atoms with Crippen LogP contribution in [0.4, 0.5) is 0 Å². The topological polar surface area (TPSA) is 51.2 Å². The largest absolute Gasteiger partial charge is 0.494 e. The Morgan fingerprint density at radius 2 is 1.69 bits per heavy atom. The van der Waals surface area contributed by atoms with Gasteiger partial charge in [-0.2, -0.15) is 0 Å².